The normalized spacial score (nSPS) is 10.5. The largest absolute Gasteiger partial charge is 0.494 e. The summed E-state index contributed by atoms with van der Waals surface area (Å²) in [5.74, 6) is 1.30. The Balaban J connectivity index is 2.90. The third-order valence-electron chi connectivity index (χ3n) is 2.40. The Morgan fingerprint density at radius 2 is 2.07 bits per heavy atom. The molecule has 0 amide bonds. The summed E-state index contributed by atoms with van der Waals surface area (Å²) in [6, 6.07) is 6.51. The van der Waals surface area contributed by atoms with Crippen LogP contribution < -0.4 is 0 Å². The molecule has 82 valence electrons. The molecule has 0 fully saturated rings. The Bertz CT molecular complexity index is 350. The van der Waals surface area contributed by atoms with Crippen LogP contribution in [0.1, 0.15) is 43.4 Å². The number of rotatable bonds is 4. The molecule has 1 rings (SSSR count). The predicted octanol–water partition coefficient (Wildman–Crippen LogP) is 4.17. The first-order chi connectivity index (χ1) is 7.00. The molecule has 0 radical (unpaired) electrons. The highest BCUT2D eigenvalue weighted by atomic mass is 16.5. The van der Waals surface area contributed by atoms with E-state index >= 15 is 0 Å². The van der Waals surface area contributed by atoms with Crippen molar-refractivity contribution in [2.75, 3.05) is 0 Å². The highest BCUT2D eigenvalue weighted by Crippen LogP contribution is 2.22. The maximum absolute atomic E-state index is 5.46. The second-order valence-electron chi connectivity index (χ2n) is 4.35. The molecule has 0 spiro atoms. The van der Waals surface area contributed by atoms with Crippen molar-refractivity contribution in [3.8, 4) is 0 Å². The summed E-state index contributed by atoms with van der Waals surface area (Å²) in [5, 5.41) is 0. The van der Waals surface area contributed by atoms with E-state index in [-0.39, 0.29) is 0 Å². The minimum absolute atomic E-state index is 0.536. The van der Waals surface area contributed by atoms with Crippen LogP contribution in [0.5, 0.6) is 0 Å². The van der Waals surface area contributed by atoms with Gasteiger partial charge in [-0.05, 0) is 30.9 Å². The molecule has 0 bridgehead atoms. The van der Waals surface area contributed by atoms with Gasteiger partial charge in [-0.25, -0.2) is 0 Å². The molecule has 1 aromatic carbocycles. The lowest BCUT2D eigenvalue weighted by Crippen LogP contribution is -1.99. The van der Waals surface area contributed by atoms with Crippen LogP contribution in [0.15, 0.2) is 30.5 Å². The van der Waals surface area contributed by atoms with Crippen LogP contribution in [0, 0.1) is 6.92 Å². The van der Waals surface area contributed by atoms with Crippen molar-refractivity contribution in [2.24, 2.45) is 0 Å². The van der Waals surface area contributed by atoms with E-state index in [0.717, 1.165) is 5.76 Å². The van der Waals surface area contributed by atoms with Gasteiger partial charge in [-0.15, -0.1) is 0 Å². The summed E-state index contributed by atoms with van der Waals surface area (Å²) in [4.78, 5) is 0. The van der Waals surface area contributed by atoms with E-state index in [2.05, 4.69) is 45.5 Å². The van der Waals surface area contributed by atoms with Gasteiger partial charge < -0.3 is 4.74 Å². The fraction of sp³-hybridized carbons (Fsp3) is 0.429. The SMILES string of the molecule is C=C(C)OCc1ccc(C)cc1C(C)C. The zero-order valence-electron chi connectivity index (χ0n) is 10.1. The standard InChI is InChI=1S/C14H20O/c1-10(2)14-8-12(5)6-7-13(14)9-15-11(3)4/h6-8,10H,3,9H2,1-2,4-5H3. The molecule has 0 aliphatic rings. The zero-order valence-corrected chi connectivity index (χ0v) is 10.1. The molecular formula is C14H20O. The highest BCUT2D eigenvalue weighted by molar-refractivity contribution is 5.33. The van der Waals surface area contributed by atoms with Crippen LogP contribution >= 0.6 is 0 Å². The molecule has 0 N–H and O–H groups in total. The van der Waals surface area contributed by atoms with Gasteiger partial charge >= 0.3 is 0 Å². The van der Waals surface area contributed by atoms with Crippen molar-refractivity contribution in [1.82, 2.24) is 0 Å². The van der Waals surface area contributed by atoms with Crippen molar-refractivity contribution in [1.29, 1.82) is 0 Å². The number of aryl methyl sites for hydroxylation is 1. The van der Waals surface area contributed by atoms with Crippen molar-refractivity contribution >= 4 is 0 Å². The van der Waals surface area contributed by atoms with Gasteiger partial charge in [0.05, 0.1) is 5.76 Å². The molecule has 1 nitrogen and oxygen atoms in total. The average molecular weight is 204 g/mol. The minimum Gasteiger partial charge on any atom is -0.494 e. The molecule has 0 saturated heterocycles. The number of allylic oxidation sites excluding steroid dienone is 1. The van der Waals surface area contributed by atoms with Crippen LogP contribution in [0.2, 0.25) is 0 Å². The number of hydrogen-bond acceptors (Lipinski definition) is 1. The zero-order chi connectivity index (χ0) is 11.4. The van der Waals surface area contributed by atoms with E-state index < -0.39 is 0 Å². The van der Waals surface area contributed by atoms with E-state index in [9.17, 15) is 0 Å². The van der Waals surface area contributed by atoms with E-state index in [1.807, 2.05) is 6.92 Å². The van der Waals surface area contributed by atoms with Gasteiger partial charge in [-0.2, -0.15) is 0 Å². The molecule has 0 heterocycles. The highest BCUT2D eigenvalue weighted by Gasteiger charge is 2.07. The molecule has 0 unspecified atom stereocenters. The van der Waals surface area contributed by atoms with Crippen molar-refractivity contribution in [3.05, 3.63) is 47.2 Å². The third kappa shape index (κ3) is 3.43. The summed E-state index contributed by atoms with van der Waals surface area (Å²) in [7, 11) is 0. The Morgan fingerprint density at radius 3 is 2.60 bits per heavy atom. The Labute approximate surface area is 92.8 Å². The Hall–Kier alpha value is -1.24. The maximum atomic E-state index is 5.46. The van der Waals surface area contributed by atoms with Crippen LogP contribution in [-0.4, -0.2) is 0 Å². The van der Waals surface area contributed by atoms with Gasteiger partial charge in [0, 0.05) is 0 Å². The summed E-state index contributed by atoms with van der Waals surface area (Å²) in [5.41, 5.74) is 3.94. The molecule has 0 saturated carbocycles. The third-order valence-corrected chi connectivity index (χ3v) is 2.40. The fourth-order valence-corrected chi connectivity index (χ4v) is 1.58. The second kappa shape index (κ2) is 5.01. The number of benzene rings is 1. The lowest BCUT2D eigenvalue weighted by atomic mass is 9.96. The second-order valence-corrected chi connectivity index (χ2v) is 4.35. The topological polar surface area (TPSA) is 9.23 Å². The predicted molar refractivity (Wildman–Crippen MR) is 64.9 cm³/mol. The lowest BCUT2D eigenvalue weighted by molar-refractivity contribution is 0.201. The Kier molecular flexibility index (Phi) is 3.96. The van der Waals surface area contributed by atoms with Gasteiger partial charge in [0.15, 0.2) is 0 Å². The number of ether oxygens (including phenoxy) is 1. The first kappa shape index (κ1) is 11.8. The monoisotopic (exact) mass is 204 g/mol. The van der Waals surface area contributed by atoms with E-state index in [1.54, 1.807) is 0 Å². The molecule has 1 aromatic rings. The van der Waals surface area contributed by atoms with Crippen molar-refractivity contribution in [2.45, 2.75) is 40.2 Å². The smallest absolute Gasteiger partial charge is 0.113 e. The van der Waals surface area contributed by atoms with Crippen LogP contribution in [0.3, 0.4) is 0 Å². The molecule has 0 atom stereocenters. The molecule has 0 aliphatic carbocycles. The van der Waals surface area contributed by atoms with Crippen molar-refractivity contribution < 1.29 is 4.74 Å². The van der Waals surface area contributed by atoms with E-state index in [1.165, 1.54) is 16.7 Å². The summed E-state index contributed by atoms with van der Waals surface area (Å²) in [6.45, 7) is 12.8. The lowest BCUT2D eigenvalue weighted by Gasteiger charge is -2.14. The minimum atomic E-state index is 0.536. The fourth-order valence-electron chi connectivity index (χ4n) is 1.58. The van der Waals surface area contributed by atoms with Gasteiger partial charge in [0.25, 0.3) is 0 Å². The van der Waals surface area contributed by atoms with Crippen LogP contribution in [-0.2, 0) is 11.3 Å². The van der Waals surface area contributed by atoms with Crippen LogP contribution in [0.4, 0.5) is 0 Å². The summed E-state index contributed by atoms with van der Waals surface area (Å²) in [6.07, 6.45) is 0. The van der Waals surface area contributed by atoms with E-state index in [0.29, 0.717) is 12.5 Å². The quantitative estimate of drug-likeness (QED) is 0.669. The van der Waals surface area contributed by atoms with Gasteiger partial charge in [-0.3, -0.25) is 0 Å². The van der Waals surface area contributed by atoms with E-state index in [4.69, 9.17) is 4.74 Å². The first-order valence-corrected chi connectivity index (χ1v) is 5.38. The first-order valence-electron chi connectivity index (χ1n) is 5.38. The van der Waals surface area contributed by atoms with Gasteiger partial charge in [0.1, 0.15) is 6.61 Å². The van der Waals surface area contributed by atoms with Gasteiger partial charge in [-0.1, -0.05) is 44.2 Å². The molecule has 0 aromatic heterocycles. The van der Waals surface area contributed by atoms with Crippen LogP contribution in [0.25, 0.3) is 0 Å². The summed E-state index contributed by atoms with van der Waals surface area (Å²) < 4.78 is 5.46. The molecule has 15 heavy (non-hydrogen) atoms. The molecule has 1 heteroatoms. The summed E-state index contributed by atoms with van der Waals surface area (Å²) >= 11 is 0. The maximum Gasteiger partial charge on any atom is 0.113 e. The molecule has 0 aliphatic heterocycles. The van der Waals surface area contributed by atoms with Crippen molar-refractivity contribution in [3.63, 3.8) is 0 Å². The number of hydrogen-bond donors (Lipinski definition) is 0. The Morgan fingerprint density at radius 1 is 1.40 bits per heavy atom. The van der Waals surface area contributed by atoms with Gasteiger partial charge in [0.2, 0.25) is 0 Å². The molecular weight excluding hydrogens is 184 g/mol. The average Bonchev–Trinajstić information content (AvgIpc) is 2.15.